The minimum Gasteiger partial charge on any atom is -0.550 e. The summed E-state index contributed by atoms with van der Waals surface area (Å²) in [6, 6.07) is 6.91. The van der Waals surface area contributed by atoms with Crippen LogP contribution in [0.15, 0.2) is 28.8 Å². The Hall–Kier alpha value is -1.70. The van der Waals surface area contributed by atoms with Crippen LogP contribution >= 0.6 is 0 Å². The summed E-state index contributed by atoms with van der Waals surface area (Å²) in [7, 11) is 0. The molecule has 1 atom stereocenters. The van der Waals surface area contributed by atoms with Crippen LogP contribution in [0, 0.1) is 12.3 Å². The number of nitrogens with zero attached hydrogens (tertiary/aromatic N) is 2. The number of hydrogen-bond acceptors (Lipinski definition) is 6. The molecule has 0 radical (unpaired) electrons. The molecule has 0 aliphatic heterocycles. The van der Waals surface area contributed by atoms with Crippen molar-refractivity contribution in [3.8, 4) is 11.4 Å². The molecule has 0 fully saturated rings. The van der Waals surface area contributed by atoms with E-state index < -0.39 is 11.4 Å². The van der Waals surface area contributed by atoms with E-state index in [1.165, 1.54) is 0 Å². The summed E-state index contributed by atoms with van der Waals surface area (Å²) in [5.74, 6) is -0.659. The first-order chi connectivity index (χ1) is 10.8. The number of aromatic nitrogens is 2. The van der Waals surface area contributed by atoms with Gasteiger partial charge in [0.15, 0.2) is 0 Å². The maximum Gasteiger partial charge on any atom is 1.00 e. The van der Waals surface area contributed by atoms with Crippen LogP contribution in [-0.4, -0.2) is 22.0 Å². The van der Waals surface area contributed by atoms with E-state index in [1.54, 1.807) is 45.0 Å². The minimum atomic E-state index is -1.24. The molecule has 0 spiro atoms. The molecule has 1 aromatic carbocycles. The monoisotopic (exact) mass is 339 g/mol. The number of anilines is 1. The third-order valence-electron chi connectivity index (χ3n) is 3.79. The maximum atomic E-state index is 12.3. The van der Waals surface area contributed by atoms with Gasteiger partial charge in [-0.3, -0.25) is 4.79 Å². The van der Waals surface area contributed by atoms with Crippen molar-refractivity contribution in [2.45, 2.75) is 33.6 Å². The van der Waals surface area contributed by atoms with E-state index in [1.807, 2.05) is 0 Å². The van der Waals surface area contributed by atoms with Crippen LogP contribution in [0.3, 0.4) is 0 Å². The second kappa shape index (κ2) is 8.41. The van der Waals surface area contributed by atoms with Gasteiger partial charge in [0.25, 0.3) is 0 Å². The molecule has 1 unspecified atom stereocenters. The Bertz CT molecular complexity index is 714. The number of carboxylic acids is 1. The number of hydrogen-bond donors (Lipinski definition) is 1. The third-order valence-corrected chi connectivity index (χ3v) is 3.79. The maximum absolute atomic E-state index is 12.3. The van der Waals surface area contributed by atoms with Gasteiger partial charge >= 0.3 is 29.6 Å². The Morgan fingerprint density at radius 3 is 2.38 bits per heavy atom. The Morgan fingerprint density at radius 1 is 1.29 bits per heavy atom. The van der Waals surface area contributed by atoms with Crippen LogP contribution in [0.1, 0.15) is 32.6 Å². The van der Waals surface area contributed by atoms with E-state index in [2.05, 4.69) is 15.5 Å². The summed E-state index contributed by atoms with van der Waals surface area (Å²) >= 11 is 0. The van der Waals surface area contributed by atoms with E-state index in [-0.39, 0.29) is 41.9 Å². The van der Waals surface area contributed by atoms with Crippen molar-refractivity contribution in [3.63, 3.8) is 0 Å². The predicted molar refractivity (Wildman–Crippen MR) is 81.1 cm³/mol. The van der Waals surface area contributed by atoms with Gasteiger partial charge in [0.05, 0.1) is 5.41 Å². The second-order valence-electron chi connectivity index (χ2n) is 5.63. The molecule has 1 amide bonds. The van der Waals surface area contributed by atoms with Gasteiger partial charge in [0.2, 0.25) is 17.6 Å². The van der Waals surface area contributed by atoms with Gasteiger partial charge in [-0.25, -0.2) is 0 Å². The first kappa shape index (κ1) is 20.3. The van der Waals surface area contributed by atoms with Crippen molar-refractivity contribution < 1.29 is 48.8 Å². The van der Waals surface area contributed by atoms with Crippen molar-refractivity contribution in [3.05, 3.63) is 30.2 Å². The molecule has 0 saturated heterocycles. The molecule has 0 aliphatic carbocycles. The number of carboxylic acid groups (broad SMARTS) is 1. The van der Waals surface area contributed by atoms with E-state index in [4.69, 9.17) is 4.52 Å². The van der Waals surface area contributed by atoms with Gasteiger partial charge in [-0.1, -0.05) is 19.0 Å². The predicted octanol–water partition coefficient (Wildman–Crippen LogP) is -1.46. The summed E-state index contributed by atoms with van der Waals surface area (Å²) < 4.78 is 4.92. The summed E-state index contributed by atoms with van der Waals surface area (Å²) in [6.45, 7) is 5.08. The molecule has 24 heavy (non-hydrogen) atoms. The fraction of sp³-hybridized carbons (Fsp3) is 0.375. The number of aryl methyl sites for hydroxylation is 1. The van der Waals surface area contributed by atoms with E-state index in [0.29, 0.717) is 23.8 Å². The molecule has 2 aromatic rings. The number of carbonyl (C=O) groups excluding carboxylic acids is 2. The fourth-order valence-corrected chi connectivity index (χ4v) is 2.09. The van der Waals surface area contributed by atoms with Gasteiger partial charge in [-0.15, -0.1) is 0 Å². The zero-order chi connectivity index (χ0) is 17.0. The molecule has 122 valence electrons. The summed E-state index contributed by atoms with van der Waals surface area (Å²) in [5, 5.41) is 17.4. The average Bonchev–Trinajstić information content (AvgIpc) is 2.93. The second-order valence-corrected chi connectivity index (χ2v) is 5.63. The van der Waals surface area contributed by atoms with Gasteiger partial charge in [-0.2, -0.15) is 4.98 Å². The zero-order valence-electron chi connectivity index (χ0n) is 14.3. The molecule has 8 heteroatoms. The number of amides is 1. The van der Waals surface area contributed by atoms with Crippen molar-refractivity contribution >= 4 is 17.6 Å². The normalized spacial score (nSPS) is 12.8. The van der Waals surface area contributed by atoms with Crippen LogP contribution in [0.2, 0.25) is 0 Å². The van der Waals surface area contributed by atoms with Crippen molar-refractivity contribution in [1.82, 2.24) is 10.1 Å². The number of carbonyl (C=O) groups is 2. The van der Waals surface area contributed by atoms with Crippen molar-refractivity contribution in [2.75, 3.05) is 5.32 Å². The largest absolute Gasteiger partial charge is 1.00 e. The first-order valence-electron chi connectivity index (χ1n) is 7.26. The average molecular weight is 339 g/mol. The van der Waals surface area contributed by atoms with Crippen molar-refractivity contribution in [1.29, 1.82) is 0 Å². The summed E-state index contributed by atoms with van der Waals surface area (Å²) in [4.78, 5) is 27.3. The molecule has 0 saturated carbocycles. The van der Waals surface area contributed by atoms with Crippen LogP contribution in [0.5, 0.6) is 0 Å². The van der Waals surface area contributed by atoms with Gasteiger partial charge in [0.1, 0.15) is 0 Å². The molecular weight excluding hydrogens is 321 g/mol. The van der Waals surface area contributed by atoms with Crippen molar-refractivity contribution in [2.24, 2.45) is 5.41 Å². The Labute approximate surface area is 162 Å². The number of benzene rings is 1. The Morgan fingerprint density at radius 2 is 1.92 bits per heavy atom. The Kier molecular flexibility index (Phi) is 7.13. The fourth-order valence-electron chi connectivity index (χ4n) is 2.09. The van der Waals surface area contributed by atoms with Gasteiger partial charge < -0.3 is 19.7 Å². The van der Waals surface area contributed by atoms with Crippen LogP contribution in [-0.2, 0) is 9.59 Å². The summed E-state index contributed by atoms with van der Waals surface area (Å²) in [6.07, 6.45) is 0.0720. The van der Waals surface area contributed by atoms with E-state index >= 15 is 0 Å². The molecular formula is C16H18N3NaO4. The first-order valence-corrected chi connectivity index (χ1v) is 7.26. The van der Waals surface area contributed by atoms with Crippen LogP contribution < -0.4 is 40.0 Å². The zero-order valence-corrected chi connectivity index (χ0v) is 16.3. The topological polar surface area (TPSA) is 108 Å². The molecule has 2 rings (SSSR count). The van der Waals surface area contributed by atoms with E-state index in [0.717, 1.165) is 5.56 Å². The molecule has 0 aliphatic rings. The van der Waals surface area contributed by atoms with Crippen LogP contribution in [0.25, 0.3) is 11.4 Å². The van der Waals surface area contributed by atoms with Gasteiger partial charge in [-0.05, 0) is 30.7 Å². The number of nitrogens with one attached hydrogen (secondary N) is 1. The molecule has 1 N–H and O–H groups in total. The molecule has 7 nitrogen and oxygen atoms in total. The minimum absolute atomic E-state index is 0. The number of aliphatic carboxylic acids is 1. The van der Waals surface area contributed by atoms with Gasteiger partial charge in [0, 0.05) is 30.6 Å². The third kappa shape index (κ3) is 4.90. The molecule has 1 aromatic heterocycles. The smallest absolute Gasteiger partial charge is 0.550 e. The SMILES string of the molecule is CCC(C)(CC(=O)[O-])C(=O)Nc1ccc(-c2noc(C)n2)cc1.[Na+]. The molecule has 1 heterocycles. The molecule has 0 bridgehead atoms. The van der Waals surface area contributed by atoms with E-state index in [9.17, 15) is 14.7 Å². The summed E-state index contributed by atoms with van der Waals surface area (Å²) in [5.41, 5.74) is 0.312. The number of rotatable bonds is 6. The Balaban J connectivity index is 0.00000288. The van der Waals surface area contributed by atoms with Crippen LogP contribution in [0.4, 0.5) is 5.69 Å². The quantitative estimate of drug-likeness (QED) is 0.645. The standard InChI is InChI=1S/C16H19N3O4.Na/c1-4-16(3,9-13(20)21)15(22)18-12-7-5-11(6-8-12)14-17-10(2)23-19-14;/h5-8H,4,9H2,1-3H3,(H,18,22)(H,20,21);/q;+1/p-1.